The van der Waals surface area contributed by atoms with E-state index >= 15 is 0 Å². The minimum Gasteiger partial charge on any atom is -0.508 e. The fourth-order valence-electron chi connectivity index (χ4n) is 2.59. The second-order valence-corrected chi connectivity index (χ2v) is 5.76. The number of aromatic hydroxyl groups is 1. The Hall–Kier alpha value is -2.35. The molecule has 0 saturated heterocycles. The Morgan fingerprint density at radius 2 is 1.91 bits per heavy atom. The summed E-state index contributed by atoms with van der Waals surface area (Å²) in [6, 6.07) is 12.3. The van der Waals surface area contributed by atoms with Crippen molar-refractivity contribution in [3.63, 3.8) is 0 Å². The SMILES string of the molecule is N#CC1=C(N)Nc2cc(O)ccc2C1c1ccc(Cl)c(Cl)c1. The van der Waals surface area contributed by atoms with E-state index in [1.807, 2.05) is 6.07 Å². The lowest BCUT2D eigenvalue weighted by atomic mass is 9.82. The van der Waals surface area contributed by atoms with Crippen LogP contribution in [0, 0.1) is 11.3 Å². The monoisotopic (exact) mass is 331 g/mol. The van der Waals surface area contributed by atoms with Crippen LogP contribution in [0.25, 0.3) is 0 Å². The van der Waals surface area contributed by atoms with E-state index in [-0.39, 0.29) is 17.5 Å². The van der Waals surface area contributed by atoms with Gasteiger partial charge in [0.2, 0.25) is 0 Å². The molecule has 22 heavy (non-hydrogen) atoms. The highest BCUT2D eigenvalue weighted by Gasteiger charge is 2.29. The molecule has 0 radical (unpaired) electrons. The molecule has 6 heteroatoms. The van der Waals surface area contributed by atoms with Crippen molar-refractivity contribution in [1.29, 1.82) is 5.26 Å². The number of hydrogen-bond donors (Lipinski definition) is 3. The first-order chi connectivity index (χ1) is 10.5. The van der Waals surface area contributed by atoms with E-state index in [0.717, 1.165) is 11.1 Å². The van der Waals surface area contributed by atoms with Crippen molar-refractivity contribution in [2.75, 3.05) is 5.32 Å². The van der Waals surface area contributed by atoms with Crippen LogP contribution in [0.3, 0.4) is 0 Å². The Morgan fingerprint density at radius 1 is 1.14 bits per heavy atom. The summed E-state index contributed by atoms with van der Waals surface area (Å²) in [7, 11) is 0. The van der Waals surface area contributed by atoms with Crippen LogP contribution in [0.5, 0.6) is 5.75 Å². The number of anilines is 1. The average molecular weight is 332 g/mol. The molecule has 1 aliphatic heterocycles. The van der Waals surface area contributed by atoms with E-state index in [9.17, 15) is 10.4 Å². The van der Waals surface area contributed by atoms with Gasteiger partial charge in [-0.25, -0.2) is 0 Å². The molecule has 0 bridgehead atoms. The Labute approximate surface area is 137 Å². The average Bonchev–Trinajstić information content (AvgIpc) is 2.48. The molecule has 1 atom stereocenters. The fourth-order valence-corrected chi connectivity index (χ4v) is 2.90. The number of nitrogens with zero attached hydrogens (tertiary/aromatic N) is 1. The Balaban J connectivity index is 2.23. The molecular weight excluding hydrogens is 321 g/mol. The largest absolute Gasteiger partial charge is 0.508 e. The third kappa shape index (κ3) is 2.35. The van der Waals surface area contributed by atoms with Crippen molar-refractivity contribution >= 4 is 28.9 Å². The highest BCUT2D eigenvalue weighted by atomic mass is 35.5. The van der Waals surface area contributed by atoms with Gasteiger partial charge in [-0.15, -0.1) is 0 Å². The van der Waals surface area contributed by atoms with Gasteiger partial charge in [-0.2, -0.15) is 5.26 Å². The van der Waals surface area contributed by atoms with E-state index in [2.05, 4.69) is 11.4 Å². The summed E-state index contributed by atoms with van der Waals surface area (Å²) < 4.78 is 0. The van der Waals surface area contributed by atoms with Gasteiger partial charge < -0.3 is 16.2 Å². The molecule has 0 spiro atoms. The first-order valence-corrected chi connectivity index (χ1v) is 7.21. The minimum absolute atomic E-state index is 0.118. The van der Waals surface area contributed by atoms with Crippen LogP contribution in [0.1, 0.15) is 17.0 Å². The molecule has 1 aliphatic rings. The highest BCUT2D eigenvalue weighted by molar-refractivity contribution is 6.42. The zero-order valence-electron chi connectivity index (χ0n) is 11.3. The number of benzene rings is 2. The number of halogens is 2. The first kappa shape index (κ1) is 14.6. The van der Waals surface area contributed by atoms with Crippen molar-refractivity contribution in [3.05, 3.63) is 69.0 Å². The standard InChI is InChI=1S/C16H11Cl2N3O/c17-12-4-1-8(5-13(12)18)15-10-3-2-9(22)6-14(10)21-16(20)11(15)7-19/h1-6,15,21-22H,20H2. The zero-order valence-corrected chi connectivity index (χ0v) is 12.8. The maximum atomic E-state index is 9.63. The molecular formula is C16H11Cl2N3O. The maximum absolute atomic E-state index is 9.63. The molecule has 1 unspecified atom stereocenters. The second-order valence-electron chi connectivity index (χ2n) is 4.94. The van der Waals surface area contributed by atoms with Gasteiger partial charge in [-0.3, -0.25) is 0 Å². The summed E-state index contributed by atoms with van der Waals surface area (Å²) in [5, 5.41) is 22.9. The lowest BCUT2D eigenvalue weighted by molar-refractivity contribution is 0.475. The van der Waals surface area contributed by atoms with Crippen molar-refractivity contribution in [2.24, 2.45) is 5.73 Å². The molecule has 4 N–H and O–H groups in total. The lowest BCUT2D eigenvalue weighted by Crippen LogP contribution is -2.23. The summed E-state index contributed by atoms with van der Waals surface area (Å²) in [6.45, 7) is 0. The number of rotatable bonds is 1. The number of nitrogens with one attached hydrogen (secondary N) is 1. The molecule has 2 aromatic rings. The molecule has 110 valence electrons. The van der Waals surface area contributed by atoms with Crippen molar-refractivity contribution < 1.29 is 5.11 Å². The van der Waals surface area contributed by atoms with Crippen LogP contribution < -0.4 is 11.1 Å². The molecule has 3 rings (SSSR count). The molecule has 0 fully saturated rings. The number of nitrogens with two attached hydrogens (primary N) is 1. The van der Waals surface area contributed by atoms with E-state index in [1.165, 1.54) is 0 Å². The summed E-state index contributed by atoms with van der Waals surface area (Å²) in [4.78, 5) is 0. The normalized spacial score (nSPS) is 16.7. The van der Waals surface area contributed by atoms with E-state index in [4.69, 9.17) is 28.9 Å². The van der Waals surface area contributed by atoms with Crippen LogP contribution in [0.4, 0.5) is 5.69 Å². The van der Waals surface area contributed by atoms with Crippen molar-refractivity contribution in [3.8, 4) is 11.8 Å². The smallest absolute Gasteiger partial charge is 0.117 e. The number of nitriles is 1. The van der Waals surface area contributed by atoms with Gasteiger partial charge in [0.15, 0.2) is 0 Å². The van der Waals surface area contributed by atoms with Crippen LogP contribution >= 0.6 is 23.2 Å². The van der Waals surface area contributed by atoms with Gasteiger partial charge >= 0.3 is 0 Å². The van der Waals surface area contributed by atoms with Crippen LogP contribution in [0.2, 0.25) is 10.0 Å². The maximum Gasteiger partial charge on any atom is 0.117 e. The van der Waals surface area contributed by atoms with Gasteiger partial charge in [-0.05, 0) is 29.3 Å². The summed E-state index contributed by atoms with van der Waals surface area (Å²) in [5.41, 5.74) is 8.66. The van der Waals surface area contributed by atoms with E-state index in [0.29, 0.717) is 21.3 Å². The fraction of sp³-hybridized carbons (Fsp3) is 0.0625. The number of allylic oxidation sites excluding steroid dienone is 1. The van der Waals surface area contributed by atoms with E-state index < -0.39 is 0 Å². The highest BCUT2D eigenvalue weighted by Crippen LogP contribution is 2.42. The molecule has 0 aromatic heterocycles. The van der Waals surface area contributed by atoms with Gasteiger partial charge in [0.1, 0.15) is 11.6 Å². The number of phenolic OH excluding ortho intramolecular Hbond substituents is 1. The van der Waals surface area contributed by atoms with Crippen molar-refractivity contribution in [1.82, 2.24) is 0 Å². The third-order valence-electron chi connectivity index (χ3n) is 3.59. The van der Waals surface area contributed by atoms with Crippen LogP contribution in [-0.4, -0.2) is 5.11 Å². The minimum atomic E-state index is -0.364. The van der Waals surface area contributed by atoms with Crippen LogP contribution in [-0.2, 0) is 0 Å². The van der Waals surface area contributed by atoms with Crippen LogP contribution in [0.15, 0.2) is 47.8 Å². The Kier molecular flexibility index (Phi) is 3.61. The summed E-state index contributed by atoms with van der Waals surface area (Å²) in [6.07, 6.45) is 0. The lowest BCUT2D eigenvalue weighted by Gasteiger charge is -2.27. The predicted octanol–water partition coefficient (Wildman–Crippen LogP) is 3.95. The second kappa shape index (κ2) is 5.45. The van der Waals surface area contributed by atoms with Gasteiger partial charge in [0.05, 0.1) is 21.7 Å². The third-order valence-corrected chi connectivity index (χ3v) is 4.33. The van der Waals surface area contributed by atoms with Crippen molar-refractivity contribution in [2.45, 2.75) is 5.92 Å². The molecule has 0 saturated carbocycles. The zero-order chi connectivity index (χ0) is 15.9. The summed E-state index contributed by atoms with van der Waals surface area (Å²) >= 11 is 12.1. The Bertz CT molecular complexity index is 840. The quantitative estimate of drug-likeness (QED) is 0.738. The predicted molar refractivity (Wildman–Crippen MR) is 86.9 cm³/mol. The molecule has 0 aliphatic carbocycles. The molecule has 4 nitrogen and oxygen atoms in total. The number of fused-ring (bicyclic) bond motifs is 1. The van der Waals surface area contributed by atoms with Gasteiger partial charge in [0, 0.05) is 17.7 Å². The summed E-state index contributed by atoms with van der Waals surface area (Å²) in [5.74, 6) is 0.0145. The van der Waals surface area contributed by atoms with Gasteiger partial charge in [0.25, 0.3) is 0 Å². The molecule has 1 heterocycles. The molecule has 0 amide bonds. The first-order valence-electron chi connectivity index (χ1n) is 6.46. The number of phenols is 1. The topological polar surface area (TPSA) is 82.1 Å². The Morgan fingerprint density at radius 3 is 2.59 bits per heavy atom. The van der Waals surface area contributed by atoms with E-state index in [1.54, 1.807) is 30.3 Å². The number of hydrogen-bond acceptors (Lipinski definition) is 4. The molecule has 2 aromatic carbocycles. The van der Waals surface area contributed by atoms with Gasteiger partial charge in [-0.1, -0.05) is 35.3 Å².